The van der Waals surface area contributed by atoms with Crippen molar-refractivity contribution in [1.82, 2.24) is 0 Å². The molecule has 0 saturated carbocycles. The van der Waals surface area contributed by atoms with Crippen molar-refractivity contribution in [3.8, 4) is 0 Å². The summed E-state index contributed by atoms with van der Waals surface area (Å²) in [5.41, 5.74) is -0.798. The standard InChI is InChI=1S/C18H29BO3Si/c1-14(20)16(19-21-17(2,3)18(4,5)22-19)13-23(6,7)15-11-9-8-10-12-15/h8-12,16H,13H2,1-7H3. The molecule has 0 N–H and O–H groups in total. The maximum atomic E-state index is 12.3. The Bertz CT molecular complexity index is 553. The molecule has 1 aromatic rings. The van der Waals surface area contributed by atoms with Crippen LogP contribution in [0.3, 0.4) is 0 Å². The van der Waals surface area contributed by atoms with Gasteiger partial charge in [0.15, 0.2) is 0 Å². The summed E-state index contributed by atoms with van der Waals surface area (Å²) in [5, 5.41) is 1.36. The van der Waals surface area contributed by atoms with E-state index < -0.39 is 26.4 Å². The fraction of sp³-hybridized carbons (Fsp3) is 0.611. The molecular formula is C18H29BO3Si. The Labute approximate surface area is 141 Å². The van der Waals surface area contributed by atoms with E-state index in [0.717, 1.165) is 6.04 Å². The minimum absolute atomic E-state index is 0.153. The van der Waals surface area contributed by atoms with Gasteiger partial charge in [-0.3, -0.25) is 0 Å². The van der Waals surface area contributed by atoms with Crippen LogP contribution in [0.5, 0.6) is 0 Å². The first-order chi connectivity index (χ1) is 10.5. The number of Topliss-reactive ketones (excluding diaryl/α,β-unsaturated/α-hetero) is 1. The van der Waals surface area contributed by atoms with Crippen LogP contribution in [0.1, 0.15) is 34.6 Å². The van der Waals surface area contributed by atoms with Gasteiger partial charge in [0.25, 0.3) is 0 Å². The average molecular weight is 332 g/mol. The van der Waals surface area contributed by atoms with E-state index in [9.17, 15) is 4.79 Å². The first kappa shape index (κ1) is 18.4. The Balaban J connectivity index is 2.23. The van der Waals surface area contributed by atoms with Crippen LogP contribution in [0, 0.1) is 0 Å². The van der Waals surface area contributed by atoms with Gasteiger partial charge in [-0.25, -0.2) is 0 Å². The van der Waals surface area contributed by atoms with Gasteiger partial charge in [-0.1, -0.05) is 48.6 Å². The van der Waals surface area contributed by atoms with E-state index >= 15 is 0 Å². The third-order valence-corrected chi connectivity index (χ3v) is 8.76. The summed E-state index contributed by atoms with van der Waals surface area (Å²) >= 11 is 0. The summed E-state index contributed by atoms with van der Waals surface area (Å²) in [5.74, 6) is -0.0575. The molecule has 0 radical (unpaired) electrons. The highest BCUT2D eigenvalue weighted by atomic mass is 28.3. The van der Waals surface area contributed by atoms with E-state index in [4.69, 9.17) is 9.31 Å². The third-order valence-electron chi connectivity index (χ3n) is 5.41. The number of carbonyl (C=O) groups excluding carboxylic acids is 1. The van der Waals surface area contributed by atoms with Crippen molar-refractivity contribution < 1.29 is 14.1 Å². The molecule has 1 atom stereocenters. The molecule has 5 heteroatoms. The fourth-order valence-corrected chi connectivity index (χ4v) is 5.95. The molecule has 0 aliphatic carbocycles. The second-order valence-corrected chi connectivity index (χ2v) is 13.0. The highest BCUT2D eigenvalue weighted by Gasteiger charge is 2.55. The molecule has 1 fully saturated rings. The van der Waals surface area contributed by atoms with Crippen LogP contribution >= 0.6 is 0 Å². The van der Waals surface area contributed by atoms with Crippen molar-refractivity contribution in [2.45, 2.75) is 70.8 Å². The zero-order valence-corrected chi connectivity index (χ0v) is 16.5. The maximum absolute atomic E-state index is 12.3. The number of rotatable bonds is 5. The molecule has 3 nitrogen and oxygen atoms in total. The average Bonchev–Trinajstić information content (AvgIpc) is 2.65. The van der Waals surface area contributed by atoms with Crippen molar-refractivity contribution >= 4 is 26.2 Å². The lowest BCUT2D eigenvalue weighted by atomic mass is 9.71. The minimum Gasteiger partial charge on any atom is -0.403 e. The molecule has 2 rings (SSSR count). The predicted molar refractivity (Wildman–Crippen MR) is 98.9 cm³/mol. The van der Waals surface area contributed by atoms with Crippen LogP contribution in [0.4, 0.5) is 0 Å². The summed E-state index contributed by atoms with van der Waals surface area (Å²) < 4.78 is 12.3. The Morgan fingerprint density at radius 2 is 1.57 bits per heavy atom. The number of hydrogen-bond acceptors (Lipinski definition) is 3. The van der Waals surface area contributed by atoms with Gasteiger partial charge in [0, 0.05) is 0 Å². The SMILES string of the molecule is CC(=O)C(C[Si](C)(C)c1ccccc1)B1OC(C)(C)C(C)(C)O1. The van der Waals surface area contributed by atoms with Gasteiger partial charge in [-0.2, -0.15) is 0 Å². The monoisotopic (exact) mass is 332 g/mol. The van der Waals surface area contributed by atoms with E-state index in [-0.39, 0.29) is 11.6 Å². The van der Waals surface area contributed by atoms with Gasteiger partial charge in [0.1, 0.15) is 5.78 Å². The highest BCUT2D eigenvalue weighted by Crippen LogP contribution is 2.42. The van der Waals surface area contributed by atoms with Crippen LogP contribution in [-0.4, -0.2) is 32.2 Å². The lowest BCUT2D eigenvalue weighted by Crippen LogP contribution is -2.45. The number of ketones is 1. The van der Waals surface area contributed by atoms with Crippen molar-refractivity contribution in [3.63, 3.8) is 0 Å². The molecular weight excluding hydrogens is 303 g/mol. The van der Waals surface area contributed by atoms with Gasteiger partial charge in [0.05, 0.1) is 25.1 Å². The van der Waals surface area contributed by atoms with E-state index in [0.29, 0.717) is 0 Å². The third kappa shape index (κ3) is 3.78. The lowest BCUT2D eigenvalue weighted by molar-refractivity contribution is -0.117. The number of hydrogen-bond donors (Lipinski definition) is 0. The molecule has 0 amide bonds. The largest absolute Gasteiger partial charge is 0.468 e. The molecule has 1 unspecified atom stereocenters. The molecule has 1 aliphatic heterocycles. The van der Waals surface area contributed by atoms with Gasteiger partial charge >= 0.3 is 7.12 Å². The Morgan fingerprint density at radius 3 is 2.00 bits per heavy atom. The number of carbonyl (C=O) groups is 1. The first-order valence-corrected chi connectivity index (χ1v) is 11.6. The topological polar surface area (TPSA) is 35.5 Å². The van der Waals surface area contributed by atoms with Crippen LogP contribution in [0.15, 0.2) is 30.3 Å². The molecule has 1 aromatic carbocycles. The van der Waals surface area contributed by atoms with E-state index in [1.807, 2.05) is 33.8 Å². The smallest absolute Gasteiger partial charge is 0.403 e. The Kier molecular flexibility index (Phi) is 4.96. The van der Waals surface area contributed by atoms with Crippen LogP contribution < -0.4 is 5.19 Å². The second-order valence-electron chi connectivity index (χ2n) is 8.30. The minimum atomic E-state index is -1.75. The molecule has 0 aromatic heterocycles. The van der Waals surface area contributed by atoms with Gasteiger partial charge in [0.2, 0.25) is 0 Å². The normalized spacial score (nSPS) is 21.3. The molecule has 1 aliphatic rings. The van der Waals surface area contributed by atoms with E-state index in [1.54, 1.807) is 6.92 Å². The van der Waals surface area contributed by atoms with Crippen molar-refractivity contribution in [1.29, 1.82) is 0 Å². The quantitative estimate of drug-likeness (QED) is 0.772. The Morgan fingerprint density at radius 1 is 1.09 bits per heavy atom. The van der Waals surface area contributed by atoms with Crippen molar-refractivity contribution in [2.75, 3.05) is 0 Å². The zero-order chi connectivity index (χ0) is 17.5. The van der Waals surface area contributed by atoms with Crippen LogP contribution in [0.2, 0.25) is 25.0 Å². The lowest BCUT2D eigenvalue weighted by Gasteiger charge is -2.32. The first-order valence-electron chi connectivity index (χ1n) is 8.38. The molecule has 23 heavy (non-hydrogen) atoms. The van der Waals surface area contributed by atoms with Crippen LogP contribution in [-0.2, 0) is 14.1 Å². The van der Waals surface area contributed by atoms with E-state index in [1.165, 1.54) is 5.19 Å². The molecule has 0 bridgehead atoms. The highest BCUT2D eigenvalue weighted by molar-refractivity contribution is 6.90. The number of benzene rings is 1. The van der Waals surface area contributed by atoms with E-state index in [2.05, 4.69) is 37.4 Å². The summed E-state index contributed by atoms with van der Waals surface area (Å²) in [4.78, 5) is 12.3. The predicted octanol–water partition coefficient (Wildman–Crippen LogP) is 3.65. The zero-order valence-electron chi connectivity index (χ0n) is 15.5. The maximum Gasteiger partial charge on any atom is 0.468 e. The molecule has 126 valence electrons. The Hall–Kier alpha value is -0.908. The van der Waals surface area contributed by atoms with Gasteiger partial charge < -0.3 is 14.1 Å². The fourth-order valence-electron chi connectivity index (χ4n) is 3.04. The molecule has 1 heterocycles. The summed E-state index contributed by atoms with van der Waals surface area (Å²) in [7, 11) is -2.20. The van der Waals surface area contributed by atoms with Crippen LogP contribution in [0.25, 0.3) is 0 Å². The summed E-state index contributed by atoms with van der Waals surface area (Å²) in [6.45, 7) is 14.4. The summed E-state index contributed by atoms with van der Waals surface area (Å²) in [6, 6.07) is 11.4. The second kappa shape index (κ2) is 6.19. The molecule has 1 saturated heterocycles. The molecule has 0 spiro atoms. The summed E-state index contributed by atoms with van der Waals surface area (Å²) in [6.07, 6.45) is 0. The van der Waals surface area contributed by atoms with Gasteiger partial charge in [-0.05, 0) is 40.7 Å². The van der Waals surface area contributed by atoms with Crippen molar-refractivity contribution in [2.24, 2.45) is 0 Å². The van der Waals surface area contributed by atoms with Gasteiger partial charge in [-0.15, -0.1) is 0 Å². The van der Waals surface area contributed by atoms with Crippen molar-refractivity contribution in [3.05, 3.63) is 30.3 Å².